The molecule has 0 heterocycles. The average Bonchev–Trinajstić information content (AvgIpc) is 1.83. The van der Waals surface area contributed by atoms with Crippen molar-refractivity contribution < 1.29 is 17.9 Å². The fraction of sp³-hybridized carbons (Fsp3) is 1.00. The molecule has 0 N–H and O–H groups in total. The van der Waals surface area contributed by atoms with Crippen molar-refractivity contribution in [2.24, 2.45) is 0 Å². The zero-order valence-corrected chi connectivity index (χ0v) is 7.09. The molecule has 1 nitrogen and oxygen atoms in total. The van der Waals surface area contributed by atoms with E-state index in [1.165, 1.54) is 13.8 Å². The van der Waals surface area contributed by atoms with E-state index in [-0.39, 0.29) is 5.88 Å². The predicted octanol–water partition coefficient (Wildman–Crippen LogP) is 2.58. The highest BCUT2D eigenvalue weighted by molar-refractivity contribution is 6.18. The smallest absolute Gasteiger partial charge is 0.365 e. The maximum Gasteiger partial charge on any atom is 0.411 e. The van der Waals surface area contributed by atoms with E-state index in [1.54, 1.807) is 0 Å². The van der Waals surface area contributed by atoms with Gasteiger partial charge in [-0.2, -0.15) is 13.2 Å². The highest BCUT2D eigenvalue weighted by Gasteiger charge is 2.31. The minimum Gasteiger partial charge on any atom is -0.365 e. The summed E-state index contributed by atoms with van der Waals surface area (Å²) in [5, 5.41) is 0. The molecular formula is C6H10ClF3O. The van der Waals surface area contributed by atoms with Crippen LogP contribution in [-0.2, 0) is 4.74 Å². The Balaban J connectivity index is 3.70. The van der Waals surface area contributed by atoms with E-state index in [2.05, 4.69) is 4.74 Å². The Bertz CT molecular complexity index is 121. The third kappa shape index (κ3) is 6.44. The molecule has 0 aromatic carbocycles. The molecule has 0 radical (unpaired) electrons. The van der Waals surface area contributed by atoms with Crippen LogP contribution in [0.1, 0.15) is 13.8 Å². The van der Waals surface area contributed by atoms with E-state index >= 15 is 0 Å². The highest BCUT2D eigenvalue weighted by atomic mass is 35.5. The first-order valence-corrected chi connectivity index (χ1v) is 3.57. The molecule has 0 rings (SSSR count). The first kappa shape index (κ1) is 11.0. The van der Waals surface area contributed by atoms with Gasteiger partial charge in [-0.05, 0) is 13.8 Å². The molecule has 0 unspecified atom stereocenters. The third-order valence-electron chi connectivity index (χ3n) is 0.948. The predicted molar refractivity (Wildman–Crippen MR) is 36.8 cm³/mol. The van der Waals surface area contributed by atoms with Gasteiger partial charge in [-0.15, -0.1) is 11.6 Å². The van der Waals surface area contributed by atoms with Crippen molar-refractivity contribution in [2.45, 2.75) is 25.6 Å². The van der Waals surface area contributed by atoms with Crippen molar-refractivity contribution in [3.63, 3.8) is 0 Å². The summed E-state index contributed by atoms with van der Waals surface area (Å²) < 4.78 is 39.1. The number of ether oxygens (including phenoxy) is 1. The Morgan fingerprint density at radius 2 is 1.73 bits per heavy atom. The molecule has 0 saturated carbocycles. The Morgan fingerprint density at radius 3 is 2.00 bits per heavy atom. The van der Waals surface area contributed by atoms with Crippen LogP contribution in [0, 0.1) is 0 Å². The molecule has 0 spiro atoms. The van der Waals surface area contributed by atoms with Crippen LogP contribution in [0.2, 0.25) is 0 Å². The lowest BCUT2D eigenvalue weighted by molar-refractivity contribution is -0.196. The Morgan fingerprint density at radius 1 is 1.27 bits per heavy atom. The molecule has 0 bridgehead atoms. The van der Waals surface area contributed by atoms with E-state index in [9.17, 15) is 13.2 Å². The van der Waals surface area contributed by atoms with E-state index in [0.717, 1.165) is 0 Å². The zero-order chi connectivity index (χ0) is 9.12. The Hall–Kier alpha value is 0.0400. The number of hydrogen-bond donors (Lipinski definition) is 0. The summed E-state index contributed by atoms with van der Waals surface area (Å²) in [6.07, 6.45) is -4.27. The molecule has 0 amide bonds. The van der Waals surface area contributed by atoms with Crippen LogP contribution in [0.25, 0.3) is 0 Å². The van der Waals surface area contributed by atoms with Gasteiger partial charge in [-0.1, -0.05) is 0 Å². The third-order valence-corrected chi connectivity index (χ3v) is 1.59. The standard InChI is InChI=1S/C6H10ClF3O/c1-5(2,3-7)11-4-6(8,9)10/h3-4H2,1-2H3. The second-order valence-corrected chi connectivity index (χ2v) is 3.06. The van der Waals surface area contributed by atoms with Crippen LogP contribution in [0.5, 0.6) is 0 Å². The van der Waals surface area contributed by atoms with Crippen molar-refractivity contribution in [1.82, 2.24) is 0 Å². The van der Waals surface area contributed by atoms with E-state index in [0.29, 0.717) is 0 Å². The van der Waals surface area contributed by atoms with Crippen LogP contribution in [0.4, 0.5) is 13.2 Å². The molecular weight excluding hydrogens is 181 g/mol. The van der Waals surface area contributed by atoms with Crippen molar-refractivity contribution in [3.8, 4) is 0 Å². The number of alkyl halides is 4. The topological polar surface area (TPSA) is 9.23 Å². The second-order valence-electron chi connectivity index (χ2n) is 2.80. The van der Waals surface area contributed by atoms with E-state index in [4.69, 9.17) is 11.6 Å². The average molecular weight is 191 g/mol. The monoisotopic (exact) mass is 190 g/mol. The van der Waals surface area contributed by atoms with Gasteiger partial charge in [0.2, 0.25) is 0 Å². The molecule has 68 valence electrons. The molecule has 5 heteroatoms. The summed E-state index contributed by atoms with van der Waals surface area (Å²) in [7, 11) is 0. The van der Waals surface area contributed by atoms with Crippen molar-refractivity contribution in [2.75, 3.05) is 12.5 Å². The van der Waals surface area contributed by atoms with Crippen LogP contribution in [-0.4, -0.2) is 24.3 Å². The van der Waals surface area contributed by atoms with Crippen molar-refractivity contribution in [3.05, 3.63) is 0 Å². The Labute approximate surface area is 68.5 Å². The molecule has 0 atom stereocenters. The molecule has 0 fully saturated rings. The van der Waals surface area contributed by atoms with Gasteiger partial charge in [0.15, 0.2) is 0 Å². The second kappa shape index (κ2) is 3.63. The summed E-state index contributed by atoms with van der Waals surface area (Å²) >= 11 is 5.33. The largest absolute Gasteiger partial charge is 0.411 e. The van der Waals surface area contributed by atoms with E-state index < -0.39 is 18.4 Å². The minimum atomic E-state index is -4.27. The van der Waals surface area contributed by atoms with Crippen LogP contribution < -0.4 is 0 Å². The normalized spacial score (nSPS) is 13.6. The molecule has 0 aliphatic rings. The summed E-state index contributed by atoms with van der Waals surface area (Å²) in [4.78, 5) is 0. The summed E-state index contributed by atoms with van der Waals surface area (Å²) in [6, 6.07) is 0. The first-order valence-electron chi connectivity index (χ1n) is 3.03. The van der Waals surface area contributed by atoms with Gasteiger partial charge in [-0.3, -0.25) is 0 Å². The fourth-order valence-electron chi connectivity index (χ4n) is 0.316. The van der Waals surface area contributed by atoms with Crippen molar-refractivity contribution >= 4 is 11.6 Å². The molecule has 0 saturated heterocycles. The highest BCUT2D eigenvalue weighted by Crippen LogP contribution is 2.19. The lowest BCUT2D eigenvalue weighted by Crippen LogP contribution is -2.31. The molecule has 0 aliphatic heterocycles. The minimum absolute atomic E-state index is 0.0447. The Kier molecular flexibility index (Phi) is 3.64. The SMILES string of the molecule is CC(C)(CCl)OCC(F)(F)F. The van der Waals surface area contributed by atoms with Gasteiger partial charge >= 0.3 is 6.18 Å². The van der Waals surface area contributed by atoms with Gasteiger partial charge in [0.25, 0.3) is 0 Å². The van der Waals surface area contributed by atoms with Gasteiger partial charge in [0.05, 0.1) is 11.5 Å². The quantitative estimate of drug-likeness (QED) is 0.622. The van der Waals surface area contributed by atoms with Gasteiger partial charge in [-0.25, -0.2) is 0 Å². The van der Waals surface area contributed by atoms with Gasteiger partial charge in [0.1, 0.15) is 6.61 Å². The maximum absolute atomic E-state index is 11.6. The number of rotatable bonds is 3. The summed E-state index contributed by atoms with van der Waals surface area (Å²) in [5.74, 6) is 0.0447. The van der Waals surface area contributed by atoms with Gasteiger partial charge < -0.3 is 4.74 Å². The molecule has 0 aromatic heterocycles. The summed E-state index contributed by atoms with van der Waals surface area (Å²) in [6.45, 7) is 1.77. The van der Waals surface area contributed by atoms with Crippen LogP contribution in [0.3, 0.4) is 0 Å². The molecule has 11 heavy (non-hydrogen) atoms. The maximum atomic E-state index is 11.6. The van der Waals surface area contributed by atoms with Crippen LogP contribution in [0.15, 0.2) is 0 Å². The number of halogens is 4. The fourth-order valence-corrected chi connectivity index (χ4v) is 0.393. The van der Waals surface area contributed by atoms with E-state index in [1.807, 2.05) is 0 Å². The zero-order valence-electron chi connectivity index (χ0n) is 6.33. The lowest BCUT2D eigenvalue weighted by Gasteiger charge is -2.22. The number of hydrogen-bond acceptors (Lipinski definition) is 1. The van der Waals surface area contributed by atoms with Crippen molar-refractivity contribution in [1.29, 1.82) is 0 Å². The summed E-state index contributed by atoms with van der Waals surface area (Å²) in [5.41, 5.74) is -0.906. The molecule has 0 aliphatic carbocycles. The lowest BCUT2D eigenvalue weighted by atomic mass is 10.2. The first-order chi connectivity index (χ1) is 4.77. The molecule has 0 aromatic rings. The van der Waals surface area contributed by atoms with Gasteiger partial charge in [0, 0.05) is 0 Å². The van der Waals surface area contributed by atoms with Crippen LogP contribution >= 0.6 is 11.6 Å².